The Labute approximate surface area is 177 Å². The number of hydrogen-bond donors (Lipinski definition) is 2. The minimum absolute atomic E-state index is 0.0394. The highest BCUT2D eigenvalue weighted by Crippen LogP contribution is 2.23. The molecular weight excluding hydrogens is 380 g/mol. The summed E-state index contributed by atoms with van der Waals surface area (Å²) >= 11 is 0. The van der Waals surface area contributed by atoms with Crippen molar-refractivity contribution in [2.24, 2.45) is 5.41 Å². The van der Waals surface area contributed by atoms with E-state index in [-0.39, 0.29) is 11.8 Å². The molecule has 8 heteroatoms. The summed E-state index contributed by atoms with van der Waals surface area (Å²) in [6.45, 7) is 11.0. The monoisotopic (exact) mass is 410 g/mol. The van der Waals surface area contributed by atoms with Crippen molar-refractivity contribution >= 4 is 29.1 Å². The number of carbonyl (C=O) groups is 2. The number of hydrogen-bond acceptors (Lipinski definition) is 6. The minimum Gasteiger partial charge on any atom is -0.338 e. The molecule has 1 aromatic heterocycles. The molecule has 0 saturated carbocycles. The molecule has 1 fully saturated rings. The van der Waals surface area contributed by atoms with Crippen LogP contribution in [0.25, 0.3) is 0 Å². The average molecular weight is 411 g/mol. The Kier molecular flexibility index (Phi) is 6.66. The van der Waals surface area contributed by atoms with Gasteiger partial charge in [0.1, 0.15) is 0 Å². The number of piperazine rings is 1. The zero-order chi connectivity index (χ0) is 21.7. The molecule has 0 spiro atoms. The molecule has 1 aliphatic rings. The van der Waals surface area contributed by atoms with E-state index in [1.807, 2.05) is 45.9 Å². The number of rotatable bonds is 5. The van der Waals surface area contributed by atoms with E-state index in [1.165, 1.54) is 0 Å². The Bertz CT molecular complexity index is 886. The van der Waals surface area contributed by atoms with E-state index in [4.69, 9.17) is 0 Å². The van der Waals surface area contributed by atoms with Crippen LogP contribution in [0.3, 0.4) is 0 Å². The van der Waals surface area contributed by atoms with Crippen LogP contribution in [0.5, 0.6) is 0 Å². The van der Waals surface area contributed by atoms with E-state index < -0.39 is 5.41 Å². The topological polar surface area (TPSA) is 90.5 Å². The van der Waals surface area contributed by atoms with Crippen molar-refractivity contribution in [1.29, 1.82) is 0 Å². The molecule has 30 heavy (non-hydrogen) atoms. The molecule has 2 aromatic rings. The first-order valence-corrected chi connectivity index (χ1v) is 10.2. The van der Waals surface area contributed by atoms with Crippen molar-refractivity contribution in [2.45, 2.75) is 27.7 Å². The third kappa shape index (κ3) is 5.76. The maximum Gasteiger partial charge on any atom is 0.238 e. The Morgan fingerprint density at radius 2 is 1.70 bits per heavy atom. The summed E-state index contributed by atoms with van der Waals surface area (Å²) in [4.78, 5) is 37.5. The average Bonchev–Trinajstić information content (AvgIpc) is 2.70. The van der Waals surface area contributed by atoms with Crippen molar-refractivity contribution in [1.82, 2.24) is 14.9 Å². The Morgan fingerprint density at radius 3 is 2.30 bits per heavy atom. The first kappa shape index (κ1) is 21.7. The van der Waals surface area contributed by atoms with Crippen LogP contribution in [-0.2, 0) is 9.59 Å². The highest BCUT2D eigenvalue weighted by molar-refractivity contribution is 5.96. The zero-order valence-electron chi connectivity index (χ0n) is 18.1. The fraction of sp³-hybridized carbons (Fsp3) is 0.455. The van der Waals surface area contributed by atoms with E-state index in [9.17, 15) is 9.59 Å². The molecule has 1 saturated heterocycles. The predicted molar refractivity (Wildman–Crippen MR) is 119 cm³/mol. The summed E-state index contributed by atoms with van der Waals surface area (Å²) in [5.41, 5.74) is 1.92. The first-order chi connectivity index (χ1) is 14.2. The third-order valence-corrected chi connectivity index (χ3v) is 5.01. The molecule has 3 rings (SSSR count). The maximum absolute atomic E-state index is 12.5. The van der Waals surface area contributed by atoms with Crippen LogP contribution in [0.2, 0.25) is 0 Å². The van der Waals surface area contributed by atoms with Crippen LogP contribution in [0.15, 0.2) is 36.7 Å². The largest absolute Gasteiger partial charge is 0.338 e. The van der Waals surface area contributed by atoms with Crippen LogP contribution in [0.1, 0.15) is 26.3 Å². The molecule has 1 aromatic carbocycles. The lowest BCUT2D eigenvalue weighted by Gasteiger charge is -2.34. The molecule has 0 bridgehead atoms. The van der Waals surface area contributed by atoms with E-state index >= 15 is 0 Å². The van der Waals surface area contributed by atoms with Gasteiger partial charge in [0.15, 0.2) is 0 Å². The Balaban J connectivity index is 1.49. The smallest absolute Gasteiger partial charge is 0.238 e. The zero-order valence-corrected chi connectivity index (χ0v) is 18.1. The van der Waals surface area contributed by atoms with Crippen LogP contribution < -0.4 is 15.5 Å². The predicted octanol–water partition coefficient (Wildman–Crippen LogP) is 2.53. The van der Waals surface area contributed by atoms with Crippen LogP contribution in [-0.4, -0.2) is 59.4 Å². The quantitative estimate of drug-likeness (QED) is 0.787. The summed E-state index contributed by atoms with van der Waals surface area (Å²) in [5.74, 6) is 0.642. The summed E-state index contributed by atoms with van der Waals surface area (Å²) in [6, 6.07) is 7.32. The van der Waals surface area contributed by atoms with Gasteiger partial charge in [0.25, 0.3) is 0 Å². The second-order valence-corrected chi connectivity index (χ2v) is 8.59. The van der Waals surface area contributed by atoms with Crippen molar-refractivity contribution in [3.63, 3.8) is 0 Å². The normalized spacial score (nSPS) is 15.0. The van der Waals surface area contributed by atoms with Crippen LogP contribution in [0, 0.1) is 12.3 Å². The van der Waals surface area contributed by atoms with Gasteiger partial charge < -0.3 is 15.5 Å². The summed E-state index contributed by atoms with van der Waals surface area (Å²) in [5, 5.41) is 5.89. The van der Waals surface area contributed by atoms with Gasteiger partial charge >= 0.3 is 0 Å². The van der Waals surface area contributed by atoms with Gasteiger partial charge in [-0.1, -0.05) is 20.8 Å². The number of benzene rings is 1. The fourth-order valence-electron chi connectivity index (χ4n) is 3.16. The molecule has 160 valence electrons. The Morgan fingerprint density at radius 1 is 1.03 bits per heavy atom. The van der Waals surface area contributed by atoms with Gasteiger partial charge in [-0.15, -0.1) is 0 Å². The van der Waals surface area contributed by atoms with Crippen molar-refractivity contribution in [3.8, 4) is 0 Å². The molecule has 1 aliphatic heterocycles. The lowest BCUT2D eigenvalue weighted by Crippen LogP contribution is -2.49. The third-order valence-electron chi connectivity index (χ3n) is 5.01. The summed E-state index contributed by atoms with van der Waals surface area (Å²) < 4.78 is 0. The molecule has 2 heterocycles. The van der Waals surface area contributed by atoms with E-state index in [0.717, 1.165) is 49.1 Å². The lowest BCUT2D eigenvalue weighted by atomic mass is 9.95. The molecule has 0 atom stereocenters. The highest BCUT2D eigenvalue weighted by atomic mass is 16.2. The number of anilines is 3. The molecular formula is C22H30N6O2. The van der Waals surface area contributed by atoms with E-state index in [1.54, 1.807) is 18.5 Å². The van der Waals surface area contributed by atoms with Gasteiger partial charge in [-0.2, -0.15) is 0 Å². The molecule has 2 N–H and O–H groups in total. The number of amides is 2. The standard InChI is InChI=1S/C22H30N6O2/c1-16-14-17(6-7-18(16)26-20(30)22(2,3)4)25-19(29)15-27-10-12-28(13-11-27)21-23-8-5-9-24-21/h5-9,14H,10-13,15H2,1-4H3,(H,25,29)(H,26,30). The second-order valence-electron chi connectivity index (χ2n) is 8.59. The maximum atomic E-state index is 12.5. The number of aryl methyl sites for hydroxylation is 1. The van der Waals surface area contributed by atoms with E-state index in [0.29, 0.717) is 6.54 Å². The molecule has 0 unspecified atom stereocenters. The highest BCUT2D eigenvalue weighted by Gasteiger charge is 2.22. The Hall–Kier alpha value is -3.00. The molecule has 0 radical (unpaired) electrons. The van der Waals surface area contributed by atoms with Gasteiger partial charge in [0, 0.05) is 55.4 Å². The number of carbonyl (C=O) groups excluding carboxylic acids is 2. The SMILES string of the molecule is Cc1cc(NC(=O)CN2CCN(c3ncccn3)CC2)ccc1NC(=O)C(C)(C)C. The summed E-state index contributed by atoms with van der Waals surface area (Å²) in [7, 11) is 0. The van der Waals surface area contributed by atoms with Gasteiger partial charge in [-0.05, 0) is 36.8 Å². The van der Waals surface area contributed by atoms with Gasteiger partial charge in [-0.3, -0.25) is 14.5 Å². The van der Waals surface area contributed by atoms with Crippen molar-refractivity contribution < 1.29 is 9.59 Å². The number of nitrogens with one attached hydrogen (secondary N) is 2. The van der Waals surface area contributed by atoms with Crippen molar-refractivity contribution in [3.05, 3.63) is 42.2 Å². The van der Waals surface area contributed by atoms with Crippen LogP contribution >= 0.6 is 0 Å². The summed E-state index contributed by atoms with van der Waals surface area (Å²) in [6.07, 6.45) is 3.48. The van der Waals surface area contributed by atoms with Crippen LogP contribution in [0.4, 0.5) is 17.3 Å². The van der Waals surface area contributed by atoms with Gasteiger partial charge in [0.2, 0.25) is 17.8 Å². The fourth-order valence-corrected chi connectivity index (χ4v) is 3.16. The van der Waals surface area contributed by atoms with Crippen molar-refractivity contribution in [2.75, 3.05) is 48.3 Å². The molecule has 8 nitrogen and oxygen atoms in total. The number of aromatic nitrogens is 2. The van der Waals surface area contributed by atoms with E-state index in [2.05, 4.69) is 30.4 Å². The molecule has 0 aliphatic carbocycles. The van der Waals surface area contributed by atoms with Gasteiger partial charge in [0.05, 0.1) is 6.54 Å². The van der Waals surface area contributed by atoms with Gasteiger partial charge in [-0.25, -0.2) is 9.97 Å². The second kappa shape index (κ2) is 9.21. The molecule has 2 amide bonds. The number of nitrogens with zero attached hydrogens (tertiary/aromatic N) is 4. The lowest BCUT2D eigenvalue weighted by molar-refractivity contribution is -0.123. The first-order valence-electron chi connectivity index (χ1n) is 10.2. The minimum atomic E-state index is -0.462.